The van der Waals surface area contributed by atoms with Gasteiger partial charge in [0.25, 0.3) is 0 Å². The number of rotatable bonds is 4. The SMILES string of the molecule is O=C(O)[C@H]1O[C@H](O[C@H]2O[C@H](C(=O)O)[C@@H](O)[C@H](O)[C@H]2O)[C@H](O)[C@@H](O)[C@@H]1O. The summed E-state index contributed by atoms with van der Waals surface area (Å²) < 4.78 is 14.5. The molecule has 2 rings (SSSR count). The first-order valence-electron chi connectivity index (χ1n) is 7.06. The van der Waals surface area contributed by atoms with Gasteiger partial charge in [-0.15, -0.1) is 0 Å². The van der Waals surface area contributed by atoms with E-state index >= 15 is 0 Å². The molecule has 8 N–H and O–H groups in total. The first-order valence-corrected chi connectivity index (χ1v) is 7.06. The molecule has 2 aliphatic heterocycles. The molecule has 2 aliphatic rings. The van der Waals surface area contributed by atoms with Crippen molar-refractivity contribution in [2.75, 3.05) is 0 Å². The number of carbonyl (C=O) groups is 2. The van der Waals surface area contributed by atoms with Gasteiger partial charge in [0.1, 0.15) is 36.6 Å². The zero-order valence-corrected chi connectivity index (χ0v) is 12.4. The van der Waals surface area contributed by atoms with Gasteiger partial charge in [-0.3, -0.25) is 0 Å². The normalized spacial score (nSPS) is 48.1. The summed E-state index contributed by atoms with van der Waals surface area (Å²) in [6.45, 7) is 0. The van der Waals surface area contributed by atoms with Crippen LogP contribution >= 0.6 is 0 Å². The summed E-state index contributed by atoms with van der Waals surface area (Å²) in [5.41, 5.74) is 0. The molecule has 2 heterocycles. The van der Waals surface area contributed by atoms with Crippen LogP contribution in [0.15, 0.2) is 0 Å². The van der Waals surface area contributed by atoms with Crippen molar-refractivity contribution in [1.29, 1.82) is 0 Å². The van der Waals surface area contributed by atoms with Crippen LogP contribution in [0.1, 0.15) is 0 Å². The van der Waals surface area contributed by atoms with Crippen LogP contribution in [0.25, 0.3) is 0 Å². The van der Waals surface area contributed by atoms with E-state index in [4.69, 9.17) is 24.4 Å². The van der Waals surface area contributed by atoms with Crippen LogP contribution in [-0.2, 0) is 23.8 Å². The molecule has 0 spiro atoms. The zero-order valence-electron chi connectivity index (χ0n) is 12.4. The van der Waals surface area contributed by atoms with Crippen LogP contribution in [0.4, 0.5) is 0 Å². The minimum atomic E-state index is -1.99. The highest BCUT2D eigenvalue weighted by atomic mass is 16.8. The minimum Gasteiger partial charge on any atom is -0.479 e. The molecule has 0 aromatic heterocycles. The predicted octanol–water partition coefficient (Wildman–Crippen LogP) is -5.21. The first-order chi connectivity index (χ1) is 11.6. The number of ether oxygens (including phenoxy) is 3. The molecule has 0 bridgehead atoms. The van der Waals surface area contributed by atoms with Crippen molar-refractivity contribution in [3.8, 4) is 0 Å². The van der Waals surface area contributed by atoms with E-state index in [0.717, 1.165) is 0 Å². The van der Waals surface area contributed by atoms with Crippen LogP contribution in [0.5, 0.6) is 0 Å². The van der Waals surface area contributed by atoms with E-state index in [0.29, 0.717) is 0 Å². The van der Waals surface area contributed by atoms with Crippen LogP contribution in [-0.4, -0.2) is 114 Å². The van der Waals surface area contributed by atoms with Crippen LogP contribution in [0.3, 0.4) is 0 Å². The highest BCUT2D eigenvalue weighted by Crippen LogP contribution is 2.28. The van der Waals surface area contributed by atoms with Crippen LogP contribution < -0.4 is 0 Å². The fourth-order valence-corrected chi connectivity index (χ4v) is 2.46. The van der Waals surface area contributed by atoms with Gasteiger partial charge >= 0.3 is 11.9 Å². The molecular weight excluding hydrogens is 352 g/mol. The average molecular weight is 370 g/mol. The Kier molecular flexibility index (Phi) is 5.93. The molecule has 10 atom stereocenters. The Bertz CT molecular complexity index is 467. The van der Waals surface area contributed by atoms with Crippen molar-refractivity contribution < 1.29 is 64.7 Å². The van der Waals surface area contributed by atoms with Gasteiger partial charge in [0, 0.05) is 0 Å². The summed E-state index contributed by atoms with van der Waals surface area (Å²) in [6.07, 6.45) is -19.8. The van der Waals surface area contributed by atoms with E-state index in [1.807, 2.05) is 0 Å². The van der Waals surface area contributed by atoms with Gasteiger partial charge in [0.15, 0.2) is 24.8 Å². The van der Waals surface area contributed by atoms with E-state index in [1.54, 1.807) is 0 Å². The highest BCUT2D eigenvalue weighted by molar-refractivity contribution is 5.73. The lowest BCUT2D eigenvalue weighted by molar-refractivity contribution is -0.368. The molecule has 13 nitrogen and oxygen atoms in total. The summed E-state index contributed by atoms with van der Waals surface area (Å²) in [7, 11) is 0. The van der Waals surface area contributed by atoms with Gasteiger partial charge in [-0.1, -0.05) is 0 Å². The van der Waals surface area contributed by atoms with E-state index in [-0.39, 0.29) is 0 Å². The number of carboxylic acids is 2. The maximum Gasteiger partial charge on any atom is 0.335 e. The molecule has 2 saturated heterocycles. The third-order valence-electron chi connectivity index (χ3n) is 3.89. The quantitative estimate of drug-likeness (QED) is 0.232. The van der Waals surface area contributed by atoms with E-state index < -0.39 is 73.4 Å². The van der Waals surface area contributed by atoms with E-state index in [9.17, 15) is 40.2 Å². The molecule has 0 aromatic rings. The Labute approximate surface area is 139 Å². The van der Waals surface area contributed by atoms with Gasteiger partial charge in [-0.2, -0.15) is 0 Å². The zero-order chi connectivity index (χ0) is 19.0. The van der Waals surface area contributed by atoms with Gasteiger partial charge in [-0.05, 0) is 0 Å². The lowest BCUT2D eigenvalue weighted by Gasteiger charge is -2.43. The third kappa shape index (κ3) is 3.74. The Balaban J connectivity index is 2.15. The summed E-state index contributed by atoms with van der Waals surface area (Å²) in [6, 6.07) is 0. The second kappa shape index (κ2) is 7.45. The largest absolute Gasteiger partial charge is 0.479 e. The average Bonchev–Trinajstić information content (AvgIpc) is 2.54. The smallest absolute Gasteiger partial charge is 0.335 e. The first kappa shape index (κ1) is 19.9. The predicted molar refractivity (Wildman–Crippen MR) is 69.7 cm³/mol. The number of aliphatic hydroxyl groups excluding tert-OH is 6. The van der Waals surface area contributed by atoms with Crippen molar-refractivity contribution in [1.82, 2.24) is 0 Å². The molecule has 144 valence electrons. The van der Waals surface area contributed by atoms with Gasteiger partial charge in [-0.25, -0.2) is 9.59 Å². The molecule has 0 aliphatic carbocycles. The molecule has 0 amide bonds. The minimum absolute atomic E-state index is 1.68. The molecule has 0 unspecified atom stereocenters. The van der Waals surface area contributed by atoms with Gasteiger partial charge in [0.2, 0.25) is 0 Å². The monoisotopic (exact) mass is 370 g/mol. The Morgan fingerprint density at radius 1 is 0.600 bits per heavy atom. The number of hydrogen-bond donors (Lipinski definition) is 8. The number of aliphatic carboxylic acids is 2. The second-order valence-electron chi connectivity index (χ2n) is 5.61. The number of hydrogen-bond acceptors (Lipinski definition) is 11. The van der Waals surface area contributed by atoms with Crippen LogP contribution in [0.2, 0.25) is 0 Å². The topological polar surface area (TPSA) is 224 Å². The van der Waals surface area contributed by atoms with E-state index in [2.05, 4.69) is 0 Å². The maximum atomic E-state index is 11.0. The van der Waals surface area contributed by atoms with Gasteiger partial charge < -0.3 is 55.1 Å². The van der Waals surface area contributed by atoms with Crippen molar-refractivity contribution in [2.45, 2.75) is 61.4 Å². The van der Waals surface area contributed by atoms with Crippen molar-refractivity contribution in [3.63, 3.8) is 0 Å². The standard InChI is InChI=1S/C12H18O13/c13-1-3(15)7(9(19)20)23-11(5(1)17)25-12-6(18)2(14)4(16)8(24-12)10(21)22/h1-8,11-18H,(H,19,20)(H,21,22)/t1-,2-,3-,4-,5+,6+,7-,8-,11+,12+/m0/s1. The molecule has 25 heavy (non-hydrogen) atoms. The lowest BCUT2D eigenvalue weighted by Crippen LogP contribution is -2.64. The maximum absolute atomic E-state index is 11.0. The third-order valence-corrected chi connectivity index (χ3v) is 3.89. The second-order valence-corrected chi connectivity index (χ2v) is 5.61. The Morgan fingerprint density at radius 2 is 0.920 bits per heavy atom. The Hall–Kier alpha value is -1.42. The molecule has 0 saturated carbocycles. The van der Waals surface area contributed by atoms with Crippen LogP contribution in [0, 0.1) is 0 Å². The molecular formula is C12H18O13. The molecule has 0 radical (unpaired) electrons. The van der Waals surface area contributed by atoms with E-state index in [1.165, 1.54) is 0 Å². The fraction of sp³-hybridized carbons (Fsp3) is 0.833. The summed E-state index contributed by atoms with van der Waals surface area (Å²) >= 11 is 0. The highest BCUT2D eigenvalue weighted by Gasteiger charge is 2.52. The molecule has 13 heteroatoms. The molecule has 0 aromatic carbocycles. The van der Waals surface area contributed by atoms with Gasteiger partial charge in [0.05, 0.1) is 0 Å². The lowest BCUT2D eigenvalue weighted by atomic mass is 9.98. The fourth-order valence-electron chi connectivity index (χ4n) is 2.46. The Morgan fingerprint density at radius 3 is 1.20 bits per heavy atom. The summed E-state index contributed by atoms with van der Waals surface area (Å²) in [5, 5.41) is 75.8. The number of aliphatic hydroxyl groups is 6. The summed E-state index contributed by atoms with van der Waals surface area (Å²) in [4.78, 5) is 22.0. The summed E-state index contributed by atoms with van der Waals surface area (Å²) in [5.74, 6) is -3.37. The van der Waals surface area contributed by atoms with Crippen molar-refractivity contribution in [3.05, 3.63) is 0 Å². The number of carboxylic acid groups (broad SMARTS) is 2. The van der Waals surface area contributed by atoms with Crippen molar-refractivity contribution in [2.24, 2.45) is 0 Å². The molecule has 2 fully saturated rings. The van der Waals surface area contributed by atoms with Crippen molar-refractivity contribution >= 4 is 11.9 Å².